The number of thioether (sulfide) groups is 1. The second-order valence-corrected chi connectivity index (χ2v) is 8.17. The summed E-state index contributed by atoms with van der Waals surface area (Å²) in [5.41, 5.74) is 0. The lowest BCUT2D eigenvalue weighted by Crippen LogP contribution is -2.26. The molecule has 5 nitrogen and oxygen atoms in total. The van der Waals surface area contributed by atoms with Gasteiger partial charge in [-0.3, -0.25) is 4.79 Å². The van der Waals surface area contributed by atoms with E-state index >= 15 is 0 Å². The summed E-state index contributed by atoms with van der Waals surface area (Å²) in [5.74, 6) is 0.625. The monoisotopic (exact) mass is 409 g/mol. The highest BCUT2D eigenvalue weighted by atomic mass is 35.5. The summed E-state index contributed by atoms with van der Waals surface area (Å²) < 4.78 is 6.75. The van der Waals surface area contributed by atoms with Crippen molar-refractivity contribution in [2.24, 2.45) is 0 Å². The molecule has 0 fully saturated rings. The number of nitrogens with zero attached hydrogens (tertiary/aromatic N) is 2. The van der Waals surface area contributed by atoms with Crippen molar-refractivity contribution >= 4 is 50.7 Å². The Morgan fingerprint density at radius 3 is 2.92 bits per heavy atom. The van der Waals surface area contributed by atoms with Crippen LogP contribution < -0.4 is 5.32 Å². The van der Waals surface area contributed by atoms with E-state index in [4.69, 9.17) is 16.0 Å². The molecule has 0 aliphatic heterocycles. The Labute approximate surface area is 165 Å². The number of unbranched alkanes of at least 4 members (excludes halogenated alkanes) is 3. The minimum absolute atomic E-state index is 0.0221. The Balaban J connectivity index is 1.54. The van der Waals surface area contributed by atoms with Gasteiger partial charge in [0.05, 0.1) is 10.8 Å². The van der Waals surface area contributed by atoms with Gasteiger partial charge in [-0.1, -0.05) is 67.7 Å². The topological polar surface area (TPSA) is 68.0 Å². The number of aromatic nitrogens is 2. The Bertz CT molecular complexity index is 878. The molecule has 0 atom stereocenters. The first-order chi connectivity index (χ1) is 12.7. The normalized spacial score (nSPS) is 11.2. The number of nitrogens with one attached hydrogen (secondary N) is 1. The minimum Gasteiger partial charge on any atom is -0.410 e. The van der Waals surface area contributed by atoms with Crippen LogP contribution in [0.1, 0.15) is 32.6 Å². The molecule has 0 unspecified atom stereocenters. The Morgan fingerprint density at radius 1 is 1.27 bits per heavy atom. The van der Waals surface area contributed by atoms with Crippen molar-refractivity contribution in [1.82, 2.24) is 15.5 Å². The molecule has 0 aliphatic carbocycles. The molecule has 3 rings (SSSR count). The van der Waals surface area contributed by atoms with Crippen molar-refractivity contribution in [3.05, 3.63) is 29.3 Å². The third-order valence-electron chi connectivity index (χ3n) is 3.81. The van der Waals surface area contributed by atoms with Crippen molar-refractivity contribution in [2.45, 2.75) is 37.8 Å². The van der Waals surface area contributed by atoms with E-state index in [1.165, 1.54) is 35.9 Å². The van der Waals surface area contributed by atoms with Gasteiger partial charge >= 0.3 is 0 Å². The van der Waals surface area contributed by atoms with Gasteiger partial charge in [-0.2, -0.15) is 0 Å². The highest BCUT2D eigenvalue weighted by molar-refractivity contribution is 7.99. The molecule has 0 spiro atoms. The van der Waals surface area contributed by atoms with E-state index in [0.717, 1.165) is 27.8 Å². The SMILES string of the molecule is CCCCCCNC(=O)CSc1nnc(-c2sc3ccccc3c2Cl)o1. The number of hydrogen-bond donors (Lipinski definition) is 1. The van der Waals surface area contributed by atoms with E-state index in [2.05, 4.69) is 22.4 Å². The van der Waals surface area contributed by atoms with E-state index in [-0.39, 0.29) is 11.7 Å². The molecule has 1 N–H and O–H groups in total. The predicted molar refractivity (Wildman–Crippen MR) is 108 cm³/mol. The Kier molecular flexibility index (Phi) is 6.93. The predicted octanol–water partition coefficient (Wildman–Crippen LogP) is 5.39. The number of carbonyl (C=O) groups is 1. The zero-order valence-corrected chi connectivity index (χ0v) is 16.8. The maximum atomic E-state index is 11.9. The molecule has 8 heteroatoms. The summed E-state index contributed by atoms with van der Waals surface area (Å²) in [6.07, 6.45) is 4.55. The highest BCUT2D eigenvalue weighted by Gasteiger charge is 2.18. The molecule has 0 saturated heterocycles. The summed E-state index contributed by atoms with van der Waals surface area (Å²) >= 11 is 9.18. The quantitative estimate of drug-likeness (QED) is 0.379. The van der Waals surface area contributed by atoms with Gasteiger partial charge in [-0.05, 0) is 12.5 Å². The molecule has 0 aliphatic rings. The van der Waals surface area contributed by atoms with Crippen molar-refractivity contribution in [1.29, 1.82) is 0 Å². The Morgan fingerprint density at radius 2 is 2.12 bits per heavy atom. The fraction of sp³-hybridized carbons (Fsp3) is 0.389. The van der Waals surface area contributed by atoms with Crippen LogP contribution in [0.4, 0.5) is 0 Å². The maximum absolute atomic E-state index is 11.9. The van der Waals surface area contributed by atoms with Gasteiger partial charge in [0, 0.05) is 16.6 Å². The molecule has 1 aromatic carbocycles. The van der Waals surface area contributed by atoms with Crippen molar-refractivity contribution in [3.63, 3.8) is 0 Å². The first-order valence-electron chi connectivity index (χ1n) is 8.59. The zero-order chi connectivity index (χ0) is 18.4. The number of halogens is 1. The van der Waals surface area contributed by atoms with Crippen molar-refractivity contribution < 1.29 is 9.21 Å². The van der Waals surface area contributed by atoms with Crippen LogP contribution in [0, 0.1) is 0 Å². The van der Waals surface area contributed by atoms with Crippen LogP contribution in [0.25, 0.3) is 20.9 Å². The third kappa shape index (κ3) is 4.78. The maximum Gasteiger partial charge on any atom is 0.277 e. The minimum atomic E-state index is -0.0221. The van der Waals surface area contributed by atoms with E-state index < -0.39 is 0 Å². The number of hydrogen-bond acceptors (Lipinski definition) is 6. The van der Waals surface area contributed by atoms with Crippen LogP contribution in [0.3, 0.4) is 0 Å². The van der Waals surface area contributed by atoms with Crippen LogP contribution >= 0.6 is 34.7 Å². The number of amides is 1. The lowest BCUT2D eigenvalue weighted by molar-refractivity contribution is -0.118. The number of fused-ring (bicyclic) bond motifs is 1. The largest absolute Gasteiger partial charge is 0.410 e. The second kappa shape index (κ2) is 9.39. The standard InChI is InChI=1S/C18H20ClN3O2S2/c1-2-3-4-7-10-20-14(23)11-25-18-22-21-17(24-18)16-15(19)12-8-5-6-9-13(12)26-16/h5-6,8-9H,2-4,7,10-11H2,1H3,(H,20,23). The lowest BCUT2D eigenvalue weighted by Gasteiger charge is -2.03. The average Bonchev–Trinajstić information content (AvgIpc) is 3.25. The van der Waals surface area contributed by atoms with Crippen LogP contribution in [-0.2, 0) is 4.79 Å². The fourth-order valence-corrected chi connectivity index (χ4v) is 4.50. The first-order valence-corrected chi connectivity index (χ1v) is 10.8. The highest BCUT2D eigenvalue weighted by Crippen LogP contribution is 2.41. The van der Waals surface area contributed by atoms with E-state index in [1.807, 2.05) is 24.3 Å². The van der Waals surface area contributed by atoms with Gasteiger partial charge in [0.1, 0.15) is 4.88 Å². The average molecular weight is 410 g/mol. The molecule has 138 valence electrons. The first kappa shape index (κ1) is 19.2. The van der Waals surface area contributed by atoms with Gasteiger partial charge < -0.3 is 9.73 Å². The van der Waals surface area contributed by atoms with Crippen LogP contribution in [0.2, 0.25) is 5.02 Å². The summed E-state index contributed by atoms with van der Waals surface area (Å²) in [7, 11) is 0. The van der Waals surface area contributed by atoms with Crippen LogP contribution in [0.5, 0.6) is 0 Å². The van der Waals surface area contributed by atoms with Gasteiger partial charge in [0.15, 0.2) is 0 Å². The van der Waals surface area contributed by atoms with E-state index in [9.17, 15) is 4.79 Å². The summed E-state index contributed by atoms with van der Waals surface area (Å²) in [5, 5.41) is 13.0. The van der Waals surface area contributed by atoms with Crippen LogP contribution in [0.15, 0.2) is 33.9 Å². The van der Waals surface area contributed by atoms with E-state index in [1.54, 1.807) is 0 Å². The van der Waals surface area contributed by atoms with Gasteiger partial charge in [-0.15, -0.1) is 21.5 Å². The number of carbonyl (C=O) groups excluding carboxylic acids is 1. The third-order valence-corrected chi connectivity index (χ3v) is 6.30. The molecule has 1 amide bonds. The number of benzene rings is 1. The smallest absolute Gasteiger partial charge is 0.277 e. The summed E-state index contributed by atoms with van der Waals surface area (Å²) in [6, 6.07) is 7.89. The lowest BCUT2D eigenvalue weighted by atomic mass is 10.2. The van der Waals surface area contributed by atoms with Gasteiger partial charge in [0.2, 0.25) is 5.91 Å². The molecule has 2 heterocycles. The molecule has 0 radical (unpaired) electrons. The number of thiophene rings is 1. The van der Waals surface area contributed by atoms with Gasteiger partial charge in [0.25, 0.3) is 11.1 Å². The fourth-order valence-electron chi connectivity index (χ4n) is 2.47. The van der Waals surface area contributed by atoms with Crippen molar-refractivity contribution in [2.75, 3.05) is 12.3 Å². The molecule has 0 bridgehead atoms. The van der Waals surface area contributed by atoms with E-state index in [0.29, 0.717) is 22.7 Å². The van der Waals surface area contributed by atoms with Crippen LogP contribution in [-0.4, -0.2) is 28.4 Å². The summed E-state index contributed by atoms with van der Waals surface area (Å²) in [6.45, 7) is 2.88. The number of rotatable bonds is 9. The second-order valence-electron chi connectivity index (χ2n) is 5.81. The zero-order valence-electron chi connectivity index (χ0n) is 14.5. The molecule has 0 saturated carbocycles. The molecule has 3 aromatic rings. The molecule has 26 heavy (non-hydrogen) atoms. The van der Waals surface area contributed by atoms with Gasteiger partial charge in [-0.25, -0.2) is 0 Å². The molecular weight excluding hydrogens is 390 g/mol. The van der Waals surface area contributed by atoms with Crippen molar-refractivity contribution in [3.8, 4) is 10.8 Å². The molecular formula is C18H20ClN3O2S2. The molecule has 2 aromatic heterocycles. The summed E-state index contributed by atoms with van der Waals surface area (Å²) in [4.78, 5) is 12.6. The Hall–Kier alpha value is -1.57.